The Morgan fingerprint density at radius 3 is 2.77 bits per heavy atom. The molecule has 0 aliphatic heterocycles. The smallest absolute Gasteiger partial charge is 0.188 e. The minimum absolute atomic E-state index is 0.223. The van der Waals surface area contributed by atoms with Crippen LogP contribution in [0.4, 0.5) is 5.69 Å². The number of pyridine rings is 1. The number of aliphatic hydroxyl groups is 1. The van der Waals surface area contributed by atoms with Crippen molar-refractivity contribution in [2.24, 2.45) is 0 Å². The fourth-order valence-electron chi connectivity index (χ4n) is 4.55. The van der Waals surface area contributed by atoms with Gasteiger partial charge in [0.25, 0.3) is 0 Å². The molecule has 0 saturated heterocycles. The standard InChI is InChI=1S/C23H23N5O2/c1-14-10-16(27-30-14)12-21-26-20-13-25-19-5-4-15(24-3)11-18(19)22(20)28(21)17-6-8-23(2,29)9-7-17/h4-5,10-11,13,17,29H,6-9,12H2,1-2H3. The third kappa shape index (κ3) is 3.23. The van der Waals surface area contributed by atoms with Crippen molar-refractivity contribution < 1.29 is 9.63 Å². The van der Waals surface area contributed by atoms with Gasteiger partial charge in [0, 0.05) is 17.5 Å². The Bertz CT molecular complexity index is 1280. The van der Waals surface area contributed by atoms with E-state index in [1.807, 2.05) is 38.2 Å². The third-order valence-electron chi connectivity index (χ3n) is 6.11. The Morgan fingerprint density at radius 2 is 2.07 bits per heavy atom. The Morgan fingerprint density at radius 1 is 1.27 bits per heavy atom. The highest BCUT2D eigenvalue weighted by Crippen LogP contribution is 2.39. The minimum atomic E-state index is -0.614. The second-order valence-electron chi connectivity index (χ2n) is 8.54. The first-order chi connectivity index (χ1) is 14.4. The van der Waals surface area contributed by atoms with Crippen LogP contribution in [0.5, 0.6) is 0 Å². The number of aromatic nitrogens is 4. The molecule has 7 heteroatoms. The van der Waals surface area contributed by atoms with E-state index >= 15 is 0 Å². The highest BCUT2D eigenvalue weighted by molar-refractivity contribution is 6.03. The van der Waals surface area contributed by atoms with Crippen molar-refractivity contribution in [3.8, 4) is 0 Å². The molecule has 0 amide bonds. The normalized spacial score (nSPS) is 21.9. The van der Waals surface area contributed by atoms with Crippen LogP contribution >= 0.6 is 0 Å². The van der Waals surface area contributed by atoms with E-state index in [0.29, 0.717) is 12.1 Å². The number of nitrogens with zero attached hydrogens (tertiary/aromatic N) is 5. The van der Waals surface area contributed by atoms with Gasteiger partial charge in [-0.25, -0.2) is 9.83 Å². The van der Waals surface area contributed by atoms with Gasteiger partial charge in [0.05, 0.1) is 41.5 Å². The van der Waals surface area contributed by atoms with Crippen LogP contribution in [0.15, 0.2) is 35.0 Å². The van der Waals surface area contributed by atoms with Crippen molar-refractivity contribution in [2.75, 3.05) is 0 Å². The highest BCUT2D eigenvalue weighted by atomic mass is 16.5. The topological polar surface area (TPSA) is 81.3 Å². The maximum absolute atomic E-state index is 10.5. The summed E-state index contributed by atoms with van der Waals surface area (Å²) >= 11 is 0. The van der Waals surface area contributed by atoms with Crippen LogP contribution in [-0.2, 0) is 6.42 Å². The summed E-state index contributed by atoms with van der Waals surface area (Å²) in [7, 11) is 0. The molecule has 3 heterocycles. The van der Waals surface area contributed by atoms with Crippen LogP contribution in [0, 0.1) is 13.5 Å². The third-order valence-corrected chi connectivity index (χ3v) is 6.11. The number of hydrogen-bond donors (Lipinski definition) is 1. The molecule has 0 radical (unpaired) electrons. The van der Waals surface area contributed by atoms with Gasteiger partial charge < -0.3 is 14.2 Å². The molecule has 1 aromatic carbocycles. The van der Waals surface area contributed by atoms with E-state index in [-0.39, 0.29) is 6.04 Å². The zero-order valence-electron chi connectivity index (χ0n) is 17.1. The second kappa shape index (κ2) is 6.92. The number of fused-ring (bicyclic) bond motifs is 3. The fraction of sp³-hybridized carbons (Fsp3) is 0.391. The van der Waals surface area contributed by atoms with Crippen molar-refractivity contribution in [2.45, 2.75) is 57.6 Å². The van der Waals surface area contributed by atoms with Gasteiger partial charge in [0.15, 0.2) is 5.69 Å². The van der Waals surface area contributed by atoms with Crippen LogP contribution in [-0.4, -0.2) is 30.4 Å². The molecule has 1 fully saturated rings. The molecule has 152 valence electrons. The lowest BCUT2D eigenvalue weighted by Gasteiger charge is -2.34. The van der Waals surface area contributed by atoms with Gasteiger partial charge >= 0.3 is 0 Å². The zero-order chi connectivity index (χ0) is 20.9. The SMILES string of the molecule is [C-]#[N+]c1ccc2ncc3nc(Cc4cc(C)on4)n(C4CCC(C)(O)CC4)c3c2c1. The predicted molar refractivity (Wildman–Crippen MR) is 113 cm³/mol. The van der Waals surface area contributed by atoms with Crippen molar-refractivity contribution in [3.63, 3.8) is 0 Å². The molecular weight excluding hydrogens is 378 g/mol. The average Bonchev–Trinajstić information content (AvgIpc) is 3.31. The minimum Gasteiger partial charge on any atom is -0.390 e. The van der Waals surface area contributed by atoms with E-state index in [1.165, 1.54) is 0 Å². The molecular formula is C23H23N5O2. The Hall–Kier alpha value is -3.24. The van der Waals surface area contributed by atoms with Gasteiger partial charge in [-0.3, -0.25) is 4.98 Å². The molecule has 0 spiro atoms. The molecule has 0 atom stereocenters. The number of benzene rings is 1. The van der Waals surface area contributed by atoms with Crippen LogP contribution in [0.3, 0.4) is 0 Å². The van der Waals surface area contributed by atoms with Crippen LogP contribution < -0.4 is 0 Å². The zero-order valence-corrected chi connectivity index (χ0v) is 17.1. The maximum atomic E-state index is 10.5. The van der Waals surface area contributed by atoms with Gasteiger partial charge in [-0.15, -0.1) is 0 Å². The fourth-order valence-corrected chi connectivity index (χ4v) is 4.55. The monoisotopic (exact) mass is 401 g/mol. The average molecular weight is 401 g/mol. The Balaban J connectivity index is 1.72. The van der Waals surface area contributed by atoms with Gasteiger partial charge in [0.1, 0.15) is 17.1 Å². The van der Waals surface area contributed by atoms with E-state index in [4.69, 9.17) is 16.1 Å². The molecule has 5 rings (SSSR count). The molecule has 7 nitrogen and oxygen atoms in total. The first-order valence-electron chi connectivity index (χ1n) is 10.3. The number of aryl methyl sites for hydroxylation is 1. The predicted octanol–water partition coefficient (Wildman–Crippen LogP) is 4.89. The van der Waals surface area contributed by atoms with Gasteiger partial charge in [-0.05, 0) is 51.7 Å². The van der Waals surface area contributed by atoms with E-state index < -0.39 is 5.60 Å². The summed E-state index contributed by atoms with van der Waals surface area (Å²) in [5, 5.41) is 15.6. The van der Waals surface area contributed by atoms with Gasteiger partial charge in [-0.1, -0.05) is 11.2 Å². The van der Waals surface area contributed by atoms with E-state index in [2.05, 4.69) is 19.6 Å². The maximum Gasteiger partial charge on any atom is 0.188 e. The highest BCUT2D eigenvalue weighted by Gasteiger charge is 2.32. The lowest BCUT2D eigenvalue weighted by Crippen LogP contribution is -2.31. The molecule has 1 aliphatic rings. The summed E-state index contributed by atoms with van der Waals surface area (Å²) < 4.78 is 7.56. The van der Waals surface area contributed by atoms with Gasteiger partial charge in [-0.2, -0.15) is 0 Å². The number of imidazole rings is 1. The summed E-state index contributed by atoms with van der Waals surface area (Å²) in [6.07, 6.45) is 5.60. The largest absolute Gasteiger partial charge is 0.390 e. The molecule has 0 unspecified atom stereocenters. The lowest BCUT2D eigenvalue weighted by molar-refractivity contribution is 0.0101. The summed E-state index contributed by atoms with van der Waals surface area (Å²) in [5.41, 5.74) is 3.49. The van der Waals surface area contributed by atoms with Crippen molar-refractivity contribution in [1.29, 1.82) is 0 Å². The Labute approximate surface area is 174 Å². The van der Waals surface area contributed by atoms with E-state index in [1.54, 1.807) is 6.07 Å². The van der Waals surface area contributed by atoms with Crippen molar-refractivity contribution in [1.82, 2.24) is 19.7 Å². The number of hydrogen-bond acceptors (Lipinski definition) is 5. The molecule has 0 bridgehead atoms. The second-order valence-corrected chi connectivity index (χ2v) is 8.54. The number of rotatable bonds is 3. The Kier molecular flexibility index (Phi) is 4.33. The summed E-state index contributed by atoms with van der Waals surface area (Å²) in [5.74, 6) is 1.68. The molecule has 1 N–H and O–H groups in total. The molecule has 1 saturated carbocycles. The van der Waals surface area contributed by atoms with Crippen molar-refractivity contribution in [3.05, 3.63) is 59.2 Å². The molecule has 3 aromatic heterocycles. The summed E-state index contributed by atoms with van der Waals surface area (Å²) in [6.45, 7) is 11.2. The van der Waals surface area contributed by atoms with E-state index in [9.17, 15) is 5.11 Å². The molecule has 30 heavy (non-hydrogen) atoms. The lowest BCUT2D eigenvalue weighted by atomic mass is 9.83. The van der Waals surface area contributed by atoms with Crippen LogP contribution in [0.2, 0.25) is 0 Å². The molecule has 4 aromatic rings. The quantitative estimate of drug-likeness (QED) is 0.494. The van der Waals surface area contributed by atoms with Crippen molar-refractivity contribution >= 4 is 27.6 Å². The van der Waals surface area contributed by atoms with Crippen LogP contribution in [0.1, 0.15) is 55.9 Å². The first-order valence-corrected chi connectivity index (χ1v) is 10.3. The van der Waals surface area contributed by atoms with E-state index in [0.717, 1.165) is 64.9 Å². The summed E-state index contributed by atoms with van der Waals surface area (Å²) in [6, 6.07) is 7.75. The molecule has 1 aliphatic carbocycles. The van der Waals surface area contributed by atoms with Gasteiger partial charge in [0.2, 0.25) is 0 Å². The first kappa shape index (κ1) is 18.8. The summed E-state index contributed by atoms with van der Waals surface area (Å²) in [4.78, 5) is 13.1. The van der Waals surface area contributed by atoms with Crippen LogP contribution in [0.25, 0.3) is 26.8 Å².